The fourth-order valence-electron chi connectivity index (χ4n) is 3.69. The fourth-order valence-corrected chi connectivity index (χ4v) is 3.69. The summed E-state index contributed by atoms with van der Waals surface area (Å²) in [5, 5.41) is 11.2. The van der Waals surface area contributed by atoms with Gasteiger partial charge in [0.15, 0.2) is 18.1 Å². The van der Waals surface area contributed by atoms with E-state index in [-0.39, 0.29) is 42.3 Å². The van der Waals surface area contributed by atoms with E-state index in [2.05, 4.69) is 0 Å². The van der Waals surface area contributed by atoms with Crippen molar-refractivity contribution in [3.63, 3.8) is 0 Å². The highest BCUT2D eigenvalue weighted by Crippen LogP contribution is 2.38. The SMILES string of the molecule is CCN(C(=O)COC(=O)/C=C/c1cc2c(cc1[N+](=O)[O-])OCO2)C1CCCCC1. The van der Waals surface area contributed by atoms with Crippen LogP contribution in [0.3, 0.4) is 0 Å². The Bertz CT molecular complexity index is 815. The third-order valence-corrected chi connectivity index (χ3v) is 5.13. The molecule has 156 valence electrons. The van der Waals surface area contributed by atoms with Crippen LogP contribution in [0, 0.1) is 10.1 Å². The summed E-state index contributed by atoms with van der Waals surface area (Å²) in [4.78, 5) is 36.9. The molecule has 1 fully saturated rings. The summed E-state index contributed by atoms with van der Waals surface area (Å²) in [6.45, 7) is 2.11. The van der Waals surface area contributed by atoms with E-state index < -0.39 is 10.9 Å². The Morgan fingerprint density at radius 1 is 1.24 bits per heavy atom. The van der Waals surface area contributed by atoms with Crippen molar-refractivity contribution in [1.29, 1.82) is 0 Å². The highest BCUT2D eigenvalue weighted by Gasteiger charge is 2.25. The summed E-state index contributed by atoms with van der Waals surface area (Å²) in [5.74, 6) is -0.325. The summed E-state index contributed by atoms with van der Waals surface area (Å²) in [6.07, 6.45) is 7.67. The van der Waals surface area contributed by atoms with E-state index in [0.717, 1.165) is 31.8 Å². The van der Waals surface area contributed by atoms with Gasteiger partial charge in [-0.2, -0.15) is 0 Å². The largest absolute Gasteiger partial charge is 0.454 e. The number of nitro benzene ring substituents is 1. The Morgan fingerprint density at radius 2 is 1.93 bits per heavy atom. The number of esters is 1. The fraction of sp³-hybridized carbons (Fsp3) is 0.500. The molecule has 0 radical (unpaired) electrons. The second kappa shape index (κ2) is 9.40. The quantitative estimate of drug-likeness (QED) is 0.297. The van der Waals surface area contributed by atoms with E-state index in [1.165, 1.54) is 24.6 Å². The van der Waals surface area contributed by atoms with Gasteiger partial charge in [-0.15, -0.1) is 0 Å². The van der Waals surface area contributed by atoms with Gasteiger partial charge in [0.25, 0.3) is 11.6 Å². The molecule has 0 bridgehead atoms. The van der Waals surface area contributed by atoms with Crippen molar-refractivity contribution in [3.05, 3.63) is 33.9 Å². The van der Waals surface area contributed by atoms with Gasteiger partial charge in [0, 0.05) is 18.7 Å². The third-order valence-electron chi connectivity index (χ3n) is 5.13. The number of carbonyl (C=O) groups excluding carboxylic acids is 2. The van der Waals surface area contributed by atoms with Crippen LogP contribution in [-0.2, 0) is 14.3 Å². The Hall–Kier alpha value is -3.10. The van der Waals surface area contributed by atoms with Gasteiger partial charge in [-0.1, -0.05) is 19.3 Å². The van der Waals surface area contributed by atoms with E-state index in [4.69, 9.17) is 14.2 Å². The molecule has 3 rings (SSSR count). The summed E-state index contributed by atoms with van der Waals surface area (Å²) in [5.41, 5.74) is -0.0382. The zero-order valence-corrected chi connectivity index (χ0v) is 16.3. The maximum absolute atomic E-state index is 12.4. The molecular weight excluding hydrogens is 380 g/mol. The average Bonchev–Trinajstić information content (AvgIpc) is 3.18. The second-order valence-corrected chi connectivity index (χ2v) is 6.93. The van der Waals surface area contributed by atoms with E-state index in [1.807, 2.05) is 6.92 Å². The van der Waals surface area contributed by atoms with Crippen LogP contribution < -0.4 is 9.47 Å². The van der Waals surface area contributed by atoms with Gasteiger partial charge in [0.05, 0.1) is 16.6 Å². The average molecular weight is 404 g/mol. The topological polar surface area (TPSA) is 108 Å². The first kappa shape index (κ1) is 20.6. The molecule has 1 amide bonds. The molecule has 0 N–H and O–H groups in total. The Morgan fingerprint density at radius 3 is 2.59 bits per heavy atom. The van der Waals surface area contributed by atoms with Gasteiger partial charge in [-0.25, -0.2) is 4.79 Å². The van der Waals surface area contributed by atoms with Gasteiger partial charge in [0.1, 0.15) is 0 Å². The standard InChI is InChI=1S/C20H24N2O7/c1-2-21(15-6-4-3-5-7-15)19(23)12-27-20(24)9-8-14-10-17-18(29-13-28-17)11-16(14)22(25)26/h8-11,15H,2-7,12-13H2,1H3/b9-8+. The summed E-state index contributed by atoms with van der Waals surface area (Å²) >= 11 is 0. The van der Waals surface area contributed by atoms with Crippen LogP contribution in [0.5, 0.6) is 11.5 Å². The number of hydrogen-bond donors (Lipinski definition) is 0. The Balaban J connectivity index is 1.60. The number of nitrogens with zero attached hydrogens (tertiary/aromatic N) is 2. The lowest BCUT2D eigenvalue weighted by Gasteiger charge is -2.33. The highest BCUT2D eigenvalue weighted by atomic mass is 16.7. The van der Waals surface area contributed by atoms with Gasteiger partial charge in [-0.3, -0.25) is 14.9 Å². The van der Waals surface area contributed by atoms with Crippen LogP contribution >= 0.6 is 0 Å². The predicted molar refractivity (Wildman–Crippen MR) is 103 cm³/mol. The first-order valence-electron chi connectivity index (χ1n) is 9.72. The van der Waals surface area contributed by atoms with Gasteiger partial charge >= 0.3 is 5.97 Å². The molecule has 0 spiro atoms. The maximum atomic E-state index is 12.4. The van der Waals surface area contributed by atoms with Crippen molar-refractivity contribution in [3.8, 4) is 11.5 Å². The number of amides is 1. The minimum absolute atomic E-state index is 0.0151. The van der Waals surface area contributed by atoms with Crippen LogP contribution in [0.25, 0.3) is 6.08 Å². The van der Waals surface area contributed by atoms with Crippen LogP contribution in [0.2, 0.25) is 0 Å². The third kappa shape index (κ3) is 5.04. The molecule has 0 atom stereocenters. The van der Waals surface area contributed by atoms with Crippen molar-refractivity contribution in [2.24, 2.45) is 0 Å². The number of ether oxygens (including phenoxy) is 3. The van der Waals surface area contributed by atoms with Crippen LogP contribution in [-0.4, -0.2) is 47.7 Å². The highest BCUT2D eigenvalue weighted by molar-refractivity contribution is 5.90. The zero-order valence-electron chi connectivity index (χ0n) is 16.3. The molecule has 1 aliphatic heterocycles. The summed E-state index contributed by atoms with van der Waals surface area (Å²) in [7, 11) is 0. The normalized spacial score (nSPS) is 16.0. The molecule has 1 saturated carbocycles. The lowest BCUT2D eigenvalue weighted by Crippen LogP contribution is -2.43. The second-order valence-electron chi connectivity index (χ2n) is 6.93. The molecule has 0 saturated heterocycles. The van der Waals surface area contributed by atoms with Gasteiger partial charge < -0.3 is 19.1 Å². The summed E-state index contributed by atoms with van der Waals surface area (Å²) in [6, 6.07) is 2.88. The maximum Gasteiger partial charge on any atom is 0.331 e. The van der Waals surface area contributed by atoms with Crippen LogP contribution in [0.4, 0.5) is 5.69 Å². The first-order chi connectivity index (χ1) is 14.0. The zero-order chi connectivity index (χ0) is 20.8. The van der Waals surface area contributed by atoms with E-state index in [0.29, 0.717) is 12.3 Å². The number of rotatable bonds is 7. The van der Waals surface area contributed by atoms with Gasteiger partial charge in [0.2, 0.25) is 6.79 Å². The van der Waals surface area contributed by atoms with Crippen LogP contribution in [0.15, 0.2) is 18.2 Å². The molecule has 1 aromatic carbocycles. The molecule has 2 aliphatic rings. The predicted octanol–water partition coefficient (Wildman–Crippen LogP) is 3.06. The van der Waals surface area contributed by atoms with Crippen molar-refractivity contribution in [2.75, 3.05) is 19.9 Å². The van der Waals surface area contributed by atoms with Crippen molar-refractivity contribution in [2.45, 2.75) is 45.1 Å². The minimum atomic E-state index is -0.745. The number of carbonyl (C=O) groups is 2. The molecule has 1 heterocycles. The number of fused-ring (bicyclic) bond motifs is 1. The Kier molecular flexibility index (Phi) is 6.69. The molecule has 0 aromatic heterocycles. The van der Waals surface area contributed by atoms with E-state index >= 15 is 0 Å². The number of nitro groups is 1. The number of benzene rings is 1. The molecule has 0 unspecified atom stereocenters. The van der Waals surface area contributed by atoms with E-state index in [1.54, 1.807) is 4.90 Å². The molecule has 9 heteroatoms. The lowest BCUT2D eigenvalue weighted by molar-refractivity contribution is -0.385. The number of hydrogen-bond acceptors (Lipinski definition) is 7. The molecule has 1 aliphatic carbocycles. The van der Waals surface area contributed by atoms with Crippen molar-refractivity contribution >= 4 is 23.6 Å². The molecule has 1 aromatic rings. The van der Waals surface area contributed by atoms with E-state index in [9.17, 15) is 19.7 Å². The first-order valence-corrected chi connectivity index (χ1v) is 9.72. The monoisotopic (exact) mass is 404 g/mol. The van der Waals surface area contributed by atoms with Crippen molar-refractivity contribution in [1.82, 2.24) is 4.90 Å². The summed E-state index contributed by atoms with van der Waals surface area (Å²) < 4.78 is 15.4. The van der Waals surface area contributed by atoms with Crippen LogP contribution in [0.1, 0.15) is 44.6 Å². The van der Waals surface area contributed by atoms with Gasteiger partial charge in [-0.05, 0) is 31.9 Å². The smallest absolute Gasteiger partial charge is 0.331 e. The van der Waals surface area contributed by atoms with Crippen molar-refractivity contribution < 1.29 is 28.7 Å². The Labute approximate surface area is 168 Å². The minimum Gasteiger partial charge on any atom is -0.454 e. The molecule has 9 nitrogen and oxygen atoms in total. The lowest BCUT2D eigenvalue weighted by atomic mass is 9.94. The molecule has 29 heavy (non-hydrogen) atoms. The number of likely N-dealkylation sites (N-methyl/N-ethyl adjacent to an activating group) is 1. The molecular formula is C20H24N2O7.